The number of non-ortho nitro benzene ring substituents is 1. The molecule has 11 heteroatoms. The largest absolute Gasteiger partial charge is 0.496 e. The van der Waals surface area contributed by atoms with Crippen LogP contribution in [0.1, 0.15) is 16.1 Å². The normalized spacial score (nSPS) is 11.2. The smallest absolute Gasteiger partial charge is 0.355 e. The summed E-state index contributed by atoms with van der Waals surface area (Å²) in [5, 5.41) is 10.9. The summed E-state index contributed by atoms with van der Waals surface area (Å²) in [6, 6.07) is 5.10. The van der Waals surface area contributed by atoms with E-state index in [0.29, 0.717) is 11.3 Å². The van der Waals surface area contributed by atoms with E-state index in [0.717, 1.165) is 0 Å². The quantitative estimate of drug-likeness (QED) is 0.432. The number of carbonyl (C=O) groups is 1. The van der Waals surface area contributed by atoms with Crippen molar-refractivity contribution in [3.05, 3.63) is 51.8 Å². The van der Waals surface area contributed by atoms with Crippen molar-refractivity contribution in [3.8, 4) is 5.75 Å². The van der Waals surface area contributed by atoms with E-state index in [4.69, 9.17) is 9.47 Å². The zero-order valence-corrected chi connectivity index (χ0v) is 15.1. The van der Waals surface area contributed by atoms with Crippen LogP contribution in [0, 0.1) is 10.1 Å². The predicted molar refractivity (Wildman–Crippen MR) is 90.4 cm³/mol. The fraction of sp³-hybridized carbons (Fsp3) is 0.267. The van der Waals surface area contributed by atoms with E-state index < -0.39 is 20.9 Å². The Bertz CT molecular complexity index is 950. The van der Waals surface area contributed by atoms with Gasteiger partial charge < -0.3 is 14.0 Å². The number of aryl methyl sites for hydroxylation is 1. The average Bonchev–Trinajstić information content (AvgIpc) is 3.02. The van der Waals surface area contributed by atoms with Gasteiger partial charge in [0.1, 0.15) is 22.9 Å². The van der Waals surface area contributed by atoms with Crippen LogP contribution < -0.4 is 9.46 Å². The molecule has 1 N–H and O–H groups in total. The lowest BCUT2D eigenvalue weighted by atomic mass is 10.2. The number of esters is 1. The maximum atomic E-state index is 12.3. The molecule has 0 aliphatic heterocycles. The molecule has 0 radical (unpaired) electrons. The number of sulfonamides is 1. The zero-order valence-electron chi connectivity index (χ0n) is 14.3. The maximum Gasteiger partial charge on any atom is 0.355 e. The molecule has 10 nitrogen and oxygen atoms in total. The highest BCUT2D eigenvalue weighted by atomic mass is 32.2. The van der Waals surface area contributed by atoms with Crippen LogP contribution in [-0.4, -0.2) is 38.0 Å². The van der Waals surface area contributed by atoms with E-state index in [-0.39, 0.29) is 22.9 Å². The minimum atomic E-state index is -3.70. The minimum Gasteiger partial charge on any atom is -0.496 e. The van der Waals surface area contributed by atoms with Gasteiger partial charge in [-0.3, -0.25) is 10.1 Å². The Morgan fingerprint density at radius 2 is 2.04 bits per heavy atom. The van der Waals surface area contributed by atoms with Gasteiger partial charge in [0.25, 0.3) is 5.69 Å². The second kappa shape index (κ2) is 7.54. The summed E-state index contributed by atoms with van der Waals surface area (Å²) >= 11 is 0. The minimum absolute atomic E-state index is 0.0169. The molecule has 0 fully saturated rings. The zero-order chi connectivity index (χ0) is 19.5. The standard InChI is InChI=1S/C15H17N3O7S/c1-16-26(22,23)12-7-13(17(2)8-12)15(19)25-9-10-6-11(18(20)21)4-5-14(10)24-3/h4-8,16H,9H2,1-3H3. The van der Waals surface area contributed by atoms with Gasteiger partial charge in [0.05, 0.1) is 12.0 Å². The number of nitrogens with zero attached hydrogens (tertiary/aromatic N) is 2. The second-order valence-corrected chi connectivity index (χ2v) is 7.10. The summed E-state index contributed by atoms with van der Waals surface area (Å²) in [7, 11) is 0.446. The van der Waals surface area contributed by atoms with Gasteiger partial charge in [-0.15, -0.1) is 0 Å². The molecule has 2 rings (SSSR count). The van der Waals surface area contributed by atoms with Gasteiger partial charge in [0, 0.05) is 30.9 Å². The second-order valence-electron chi connectivity index (χ2n) is 5.21. The van der Waals surface area contributed by atoms with Crippen molar-refractivity contribution >= 4 is 21.7 Å². The van der Waals surface area contributed by atoms with E-state index in [9.17, 15) is 23.3 Å². The number of ether oxygens (including phenoxy) is 2. The Balaban J connectivity index is 2.22. The van der Waals surface area contributed by atoms with Crippen LogP contribution in [-0.2, 0) is 28.4 Å². The number of methoxy groups -OCH3 is 1. The van der Waals surface area contributed by atoms with Crippen LogP contribution in [0.2, 0.25) is 0 Å². The van der Waals surface area contributed by atoms with E-state index in [1.165, 1.54) is 56.2 Å². The average molecular weight is 383 g/mol. The number of aromatic nitrogens is 1. The highest BCUT2D eigenvalue weighted by Gasteiger charge is 2.21. The Morgan fingerprint density at radius 1 is 1.35 bits per heavy atom. The molecule has 0 aliphatic rings. The number of nitrogens with one attached hydrogen (secondary N) is 1. The van der Waals surface area contributed by atoms with Crippen molar-refractivity contribution in [1.82, 2.24) is 9.29 Å². The molecule has 26 heavy (non-hydrogen) atoms. The molecule has 0 saturated heterocycles. The lowest BCUT2D eigenvalue weighted by molar-refractivity contribution is -0.385. The number of benzene rings is 1. The molecule has 1 aromatic heterocycles. The molecule has 0 saturated carbocycles. The van der Waals surface area contributed by atoms with E-state index >= 15 is 0 Å². The van der Waals surface area contributed by atoms with Crippen LogP contribution in [0.5, 0.6) is 5.75 Å². The van der Waals surface area contributed by atoms with E-state index in [2.05, 4.69) is 4.72 Å². The Kier molecular flexibility index (Phi) is 5.63. The molecule has 0 aliphatic carbocycles. The molecular weight excluding hydrogens is 366 g/mol. The van der Waals surface area contributed by atoms with Crippen molar-refractivity contribution in [2.75, 3.05) is 14.2 Å². The summed E-state index contributed by atoms with van der Waals surface area (Å²) < 4.78 is 37.3. The number of hydrogen-bond donors (Lipinski definition) is 1. The molecule has 2 aromatic rings. The van der Waals surface area contributed by atoms with E-state index in [1.807, 2.05) is 0 Å². The summed E-state index contributed by atoms with van der Waals surface area (Å²) in [6.07, 6.45) is 1.27. The summed E-state index contributed by atoms with van der Waals surface area (Å²) in [6.45, 7) is -0.275. The topological polar surface area (TPSA) is 130 Å². The van der Waals surface area contributed by atoms with Gasteiger partial charge >= 0.3 is 5.97 Å². The molecule has 1 aromatic carbocycles. The first kappa shape index (κ1) is 19.4. The summed E-state index contributed by atoms with van der Waals surface area (Å²) in [4.78, 5) is 22.5. The van der Waals surface area contributed by atoms with Crippen molar-refractivity contribution in [3.63, 3.8) is 0 Å². The lowest BCUT2D eigenvalue weighted by Gasteiger charge is -2.09. The van der Waals surface area contributed by atoms with Gasteiger partial charge in [0.15, 0.2) is 0 Å². The number of nitro groups is 1. The first-order valence-corrected chi connectivity index (χ1v) is 8.76. The van der Waals surface area contributed by atoms with Gasteiger partial charge in [-0.2, -0.15) is 0 Å². The summed E-state index contributed by atoms with van der Waals surface area (Å²) in [5.74, 6) is -0.452. The fourth-order valence-electron chi connectivity index (χ4n) is 2.21. The Hall–Kier alpha value is -2.92. The molecule has 140 valence electrons. The third-order valence-electron chi connectivity index (χ3n) is 3.60. The van der Waals surface area contributed by atoms with Crippen LogP contribution in [0.25, 0.3) is 0 Å². The van der Waals surface area contributed by atoms with Crippen molar-refractivity contribution in [2.45, 2.75) is 11.5 Å². The van der Waals surface area contributed by atoms with Crippen LogP contribution in [0.3, 0.4) is 0 Å². The van der Waals surface area contributed by atoms with Crippen LogP contribution >= 0.6 is 0 Å². The fourth-order valence-corrected chi connectivity index (χ4v) is 3.01. The van der Waals surface area contributed by atoms with Crippen LogP contribution in [0.15, 0.2) is 35.4 Å². The predicted octanol–water partition coefficient (Wildman–Crippen LogP) is 1.21. The third kappa shape index (κ3) is 4.00. The first-order chi connectivity index (χ1) is 12.2. The SMILES string of the molecule is CNS(=O)(=O)c1cc(C(=O)OCc2cc([N+](=O)[O-])ccc2OC)n(C)c1. The molecule has 0 unspecified atom stereocenters. The highest BCUT2D eigenvalue weighted by Crippen LogP contribution is 2.25. The lowest BCUT2D eigenvalue weighted by Crippen LogP contribution is -2.17. The summed E-state index contributed by atoms with van der Waals surface area (Å²) in [5.41, 5.74) is 0.161. The molecule has 0 amide bonds. The molecule has 0 bridgehead atoms. The number of carbonyl (C=O) groups excluding carboxylic acids is 1. The van der Waals surface area contributed by atoms with E-state index in [1.54, 1.807) is 0 Å². The molecule has 0 spiro atoms. The number of nitro benzene ring substituents is 1. The monoisotopic (exact) mass is 383 g/mol. The molecule has 0 atom stereocenters. The number of rotatable bonds is 7. The number of hydrogen-bond acceptors (Lipinski definition) is 7. The van der Waals surface area contributed by atoms with Crippen molar-refractivity contribution in [1.29, 1.82) is 0 Å². The Labute approximate surface area is 149 Å². The van der Waals surface area contributed by atoms with Gasteiger partial charge in [-0.25, -0.2) is 17.9 Å². The maximum absolute atomic E-state index is 12.3. The van der Waals surface area contributed by atoms with Gasteiger partial charge in [0.2, 0.25) is 10.0 Å². The van der Waals surface area contributed by atoms with Crippen LogP contribution in [0.4, 0.5) is 5.69 Å². The van der Waals surface area contributed by atoms with Gasteiger partial charge in [-0.05, 0) is 19.2 Å². The third-order valence-corrected chi connectivity index (χ3v) is 4.98. The van der Waals surface area contributed by atoms with Crippen molar-refractivity contribution < 1.29 is 27.6 Å². The van der Waals surface area contributed by atoms with Crippen molar-refractivity contribution in [2.24, 2.45) is 7.05 Å². The van der Waals surface area contributed by atoms with Gasteiger partial charge in [-0.1, -0.05) is 0 Å². The first-order valence-electron chi connectivity index (χ1n) is 7.28. The highest BCUT2D eigenvalue weighted by molar-refractivity contribution is 7.89. The Morgan fingerprint density at radius 3 is 2.62 bits per heavy atom. The molecule has 1 heterocycles. The molecular formula is C15H17N3O7S.